The van der Waals surface area contributed by atoms with Crippen molar-refractivity contribution in [2.75, 3.05) is 0 Å². The van der Waals surface area contributed by atoms with E-state index in [9.17, 15) is 18.0 Å². The van der Waals surface area contributed by atoms with Crippen LogP contribution in [-0.4, -0.2) is 26.6 Å². The molecule has 6 nitrogen and oxygen atoms in total. The minimum atomic E-state index is -4.50. The lowest BCUT2D eigenvalue weighted by Gasteiger charge is -2.23. The first kappa shape index (κ1) is 17.8. The van der Waals surface area contributed by atoms with E-state index in [2.05, 4.69) is 20.6 Å². The largest absolute Gasteiger partial charge is 0.434 e. The van der Waals surface area contributed by atoms with Gasteiger partial charge < -0.3 is 10.6 Å². The average molecular weight is 379 g/mol. The molecule has 9 heteroatoms. The van der Waals surface area contributed by atoms with E-state index in [1.54, 1.807) is 12.1 Å². The molecule has 0 unspecified atom stereocenters. The quantitative estimate of drug-likeness (QED) is 0.857. The first-order valence-corrected chi connectivity index (χ1v) is 8.99. The summed E-state index contributed by atoms with van der Waals surface area (Å²) in [4.78, 5) is 19.6. The molecule has 2 heterocycles. The normalized spacial score (nSPS) is 24.2. The SMILES string of the molecule is O=C(NCc1ccnc(-n2cnc(C(F)(F)F)c2)c1)N[C@@H]1C[C@H]2CC[C@@H]1C2. The van der Waals surface area contributed by atoms with Gasteiger partial charge in [0.25, 0.3) is 0 Å². The third-order valence-corrected chi connectivity index (χ3v) is 5.46. The number of urea groups is 1. The van der Waals surface area contributed by atoms with Crippen molar-refractivity contribution in [3.8, 4) is 5.82 Å². The Balaban J connectivity index is 1.35. The molecule has 2 amide bonds. The minimum Gasteiger partial charge on any atom is -0.335 e. The fourth-order valence-corrected chi connectivity index (χ4v) is 4.13. The lowest BCUT2D eigenvalue weighted by Crippen LogP contribution is -2.44. The molecule has 144 valence electrons. The standard InChI is InChI=1S/C18H20F3N5O/c19-18(20,21)15-9-26(10-24-15)16-7-12(3-4-22-16)8-23-17(27)25-14-6-11-1-2-13(14)5-11/h3-4,7,9-11,13-14H,1-2,5-6,8H2,(H2,23,25,27)/t11-,13+,14+/m0/s1. The first-order valence-electron chi connectivity index (χ1n) is 8.99. The highest BCUT2D eigenvalue weighted by atomic mass is 19.4. The molecule has 0 spiro atoms. The molecule has 3 atom stereocenters. The van der Waals surface area contributed by atoms with Crippen molar-refractivity contribution >= 4 is 6.03 Å². The highest BCUT2D eigenvalue weighted by Crippen LogP contribution is 2.44. The lowest BCUT2D eigenvalue weighted by atomic mass is 9.95. The van der Waals surface area contributed by atoms with E-state index in [-0.39, 0.29) is 18.6 Å². The van der Waals surface area contributed by atoms with Crippen molar-refractivity contribution in [2.45, 2.75) is 44.4 Å². The van der Waals surface area contributed by atoms with Gasteiger partial charge in [-0.25, -0.2) is 14.8 Å². The van der Waals surface area contributed by atoms with Gasteiger partial charge in [0.15, 0.2) is 5.69 Å². The molecule has 0 saturated heterocycles. The number of nitrogens with one attached hydrogen (secondary N) is 2. The number of carbonyl (C=O) groups excluding carboxylic acids is 1. The van der Waals surface area contributed by atoms with Gasteiger partial charge in [-0.05, 0) is 48.8 Å². The molecule has 0 aromatic carbocycles. The molecule has 2 bridgehead atoms. The molecular formula is C18H20F3N5O. The van der Waals surface area contributed by atoms with Crippen molar-refractivity contribution in [3.63, 3.8) is 0 Å². The van der Waals surface area contributed by atoms with Crippen LogP contribution in [0.3, 0.4) is 0 Å². The summed E-state index contributed by atoms with van der Waals surface area (Å²) in [6.07, 6.45) is 3.69. The monoisotopic (exact) mass is 379 g/mol. The van der Waals surface area contributed by atoms with Crippen molar-refractivity contribution < 1.29 is 18.0 Å². The van der Waals surface area contributed by atoms with Crippen molar-refractivity contribution in [3.05, 3.63) is 42.1 Å². The molecule has 2 aliphatic carbocycles. The minimum absolute atomic E-state index is 0.215. The van der Waals surface area contributed by atoms with Gasteiger partial charge in [-0.15, -0.1) is 0 Å². The van der Waals surface area contributed by atoms with E-state index >= 15 is 0 Å². The number of nitrogens with zero attached hydrogens (tertiary/aromatic N) is 3. The van der Waals surface area contributed by atoms with E-state index in [1.807, 2.05) is 0 Å². The van der Waals surface area contributed by atoms with Crippen molar-refractivity contribution in [1.29, 1.82) is 0 Å². The number of carbonyl (C=O) groups is 1. The average Bonchev–Trinajstić information content (AvgIpc) is 3.36. The third kappa shape index (κ3) is 3.91. The van der Waals surface area contributed by atoms with Crippen LogP contribution >= 0.6 is 0 Å². The van der Waals surface area contributed by atoms with Gasteiger partial charge in [0, 0.05) is 25.0 Å². The van der Waals surface area contributed by atoms with E-state index in [1.165, 1.54) is 30.0 Å². The van der Waals surface area contributed by atoms with Crippen molar-refractivity contribution in [1.82, 2.24) is 25.2 Å². The van der Waals surface area contributed by atoms with Crippen LogP contribution in [0.15, 0.2) is 30.9 Å². The summed E-state index contributed by atoms with van der Waals surface area (Å²) in [7, 11) is 0. The number of rotatable bonds is 4. The van der Waals surface area contributed by atoms with Crippen LogP contribution in [0.4, 0.5) is 18.0 Å². The fourth-order valence-electron chi connectivity index (χ4n) is 4.13. The Hall–Kier alpha value is -2.58. The highest BCUT2D eigenvalue weighted by molar-refractivity contribution is 5.74. The second-order valence-corrected chi connectivity index (χ2v) is 7.29. The predicted molar refractivity (Wildman–Crippen MR) is 91.0 cm³/mol. The van der Waals surface area contributed by atoms with Crippen LogP contribution in [0, 0.1) is 11.8 Å². The number of imidazole rings is 1. The maximum atomic E-state index is 12.7. The molecule has 0 radical (unpaired) electrons. The van der Waals surface area contributed by atoms with Crippen LogP contribution in [0.25, 0.3) is 5.82 Å². The van der Waals surface area contributed by atoms with E-state index < -0.39 is 11.9 Å². The van der Waals surface area contributed by atoms with E-state index in [0.717, 1.165) is 30.4 Å². The van der Waals surface area contributed by atoms with Crippen LogP contribution in [0.1, 0.15) is 36.9 Å². The summed E-state index contributed by atoms with van der Waals surface area (Å²) in [6.45, 7) is 0.267. The molecule has 0 aliphatic heterocycles. The van der Waals surface area contributed by atoms with Gasteiger partial charge in [-0.1, -0.05) is 6.42 Å². The maximum absolute atomic E-state index is 12.7. The van der Waals surface area contributed by atoms with E-state index in [4.69, 9.17) is 0 Å². The number of halogens is 3. The van der Waals surface area contributed by atoms with Gasteiger partial charge in [0.1, 0.15) is 12.1 Å². The van der Waals surface area contributed by atoms with Gasteiger partial charge >= 0.3 is 12.2 Å². The Labute approximate surface area is 154 Å². The van der Waals surface area contributed by atoms with Crippen LogP contribution in [-0.2, 0) is 12.7 Å². The molecule has 4 rings (SSSR count). The second kappa shape index (κ2) is 6.86. The Morgan fingerprint density at radius 3 is 2.78 bits per heavy atom. The molecule has 2 aliphatic rings. The van der Waals surface area contributed by atoms with Crippen LogP contribution < -0.4 is 10.6 Å². The number of fused-ring (bicyclic) bond motifs is 2. The zero-order chi connectivity index (χ0) is 19.0. The number of hydrogen-bond acceptors (Lipinski definition) is 3. The van der Waals surface area contributed by atoms with Gasteiger partial charge in [0.05, 0.1) is 0 Å². The van der Waals surface area contributed by atoms with Crippen molar-refractivity contribution in [2.24, 2.45) is 11.8 Å². The Morgan fingerprint density at radius 2 is 2.11 bits per heavy atom. The number of hydrogen-bond donors (Lipinski definition) is 2. The summed E-state index contributed by atoms with van der Waals surface area (Å²) in [5.74, 6) is 1.66. The Morgan fingerprint density at radius 1 is 1.26 bits per heavy atom. The maximum Gasteiger partial charge on any atom is 0.434 e. The molecule has 27 heavy (non-hydrogen) atoms. The van der Waals surface area contributed by atoms with Gasteiger partial charge in [-0.2, -0.15) is 13.2 Å². The van der Waals surface area contributed by atoms with E-state index in [0.29, 0.717) is 11.7 Å². The summed E-state index contributed by atoms with van der Waals surface area (Å²) < 4.78 is 39.2. The zero-order valence-corrected chi connectivity index (χ0v) is 14.5. The molecule has 2 fully saturated rings. The Kier molecular flexibility index (Phi) is 4.53. The topological polar surface area (TPSA) is 71.8 Å². The predicted octanol–water partition coefficient (Wildman–Crippen LogP) is 3.27. The lowest BCUT2D eigenvalue weighted by molar-refractivity contribution is -0.140. The molecule has 2 saturated carbocycles. The third-order valence-electron chi connectivity index (χ3n) is 5.46. The number of amides is 2. The summed E-state index contributed by atoms with van der Waals surface area (Å²) in [5.41, 5.74) is -0.233. The Bertz CT molecular complexity index is 834. The number of pyridine rings is 1. The molecule has 2 N–H and O–H groups in total. The van der Waals surface area contributed by atoms with Crippen LogP contribution in [0.5, 0.6) is 0 Å². The molecule has 2 aromatic heterocycles. The first-order chi connectivity index (χ1) is 12.9. The molecule has 2 aromatic rings. The van der Waals surface area contributed by atoms with Gasteiger partial charge in [0.2, 0.25) is 0 Å². The number of alkyl halides is 3. The smallest absolute Gasteiger partial charge is 0.335 e. The molecular weight excluding hydrogens is 359 g/mol. The van der Waals surface area contributed by atoms with Gasteiger partial charge in [-0.3, -0.25) is 4.57 Å². The number of aromatic nitrogens is 3. The van der Waals surface area contributed by atoms with Crippen LogP contribution in [0.2, 0.25) is 0 Å². The summed E-state index contributed by atoms with van der Waals surface area (Å²) in [6, 6.07) is 3.37. The fraction of sp³-hybridized carbons (Fsp3) is 0.500. The second-order valence-electron chi connectivity index (χ2n) is 7.29. The zero-order valence-electron chi connectivity index (χ0n) is 14.5. The summed E-state index contributed by atoms with van der Waals surface area (Å²) >= 11 is 0. The highest BCUT2D eigenvalue weighted by Gasteiger charge is 2.40. The summed E-state index contributed by atoms with van der Waals surface area (Å²) in [5, 5.41) is 5.85.